The number of hydrogen-bond acceptors (Lipinski definition) is 4. The second-order valence-corrected chi connectivity index (χ2v) is 9.15. The summed E-state index contributed by atoms with van der Waals surface area (Å²) < 4.78 is 26.8. The van der Waals surface area contributed by atoms with Crippen molar-refractivity contribution < 1.29 is 13.6 Å². The summed E-state index contributed by atoms with van der Waals surface area (Å²) in [7, 11) is 0. The van der Waals surface area contributed by atoms with Gasteiger partial charge in [0, 0.05) is 30.6 Å². The summed E-state index contributed by atoms with van der Waals surface area (Å²) in [5.41, 5.74) is 0.769. The minimum absolute atomic E-state index is 0.0872. The fraction of sp³-hybridized carbons (Fsp3) is 0.545. The van der Waals surface area contributed by atoms with Gasteiger partial charge in [0.15, 0.2) is 11.6 Å². The van der Waals surface area contributed by atoms with Crippen LogP contribution in [0.2, 0.25) is 0 Å². The van der Waals surface area contributed by atoms with Gasteiger partial charge in [-0.3, -0.25) is 9.69 Å². The van der Waals surface area contributed by atoms with Crippen LogP contribution in [-0.4, -0.2) is 28.9 Å². The minimum Gasteiger partial charge on any atom is -0.346 e. The van der Waals surface area contributed by atoms with E-state index in [1.165, 1.54) is 12.1 Å². The van der Waals surface area contributed by atoms with Gasteiger partial charge in [-0.2, -0.15) is 0 Å². The lowest BCUT2D eigenvalue weighted by Gasteiger charge is -2.37. The van der Waals surface area contributed by atoms with Gasteiger partial charge in [-0.1, -0.05) is 18.9 Å². The van der Waals surface area contributed by atoms with Crippen LogP contribution >= 0.6 is 11.3 Å². The third-order valence-corrected chi connectivity index (χ3v) is 7.00. The molecule has 0 spiro atoms. The van der Waals surface area contributed by atoms with Crippen molar-refractivity contribution in [3.05, 3.63) is 52.0 Å². The standard InChI is InChI=1S/C22H27F2N3OS/c23-18-8-7-15(12-19(18)24)13-27-10-3-6-17(14-27)20(22-25-9-11-29-22)26-21(28)16-4-1-2-5-16/h7-9,11-12,16-17,20H,1-6,10,13-14H2,(H,26,28)/t17-,20-/m0/s1. The van der Waals surface area contributed by atoms with Gasteiger partial charge in [0.2, 0.25) is 5.91 Å². The molecular weight excluding hydrogens is 392 g/mol. The van der Waals surface area contributed by atoms with E-state index in [0.29, 0.717) is 6.54 Å². The maximum Gasteiger partial charge on any atom is 0.223 e. The second kappa shape index (κ2) is 9.30. The van der Waals surface area contributed by atoms with E-state index in [0.717, 1.165) is 62.2 Å². The van der Waals surface area contributed by atoms with E-state index in [2.05, 4.69) is 15.2 Å². The Morgan fingerprint density at radius 3 is 2.76 bits per heavy atom. The molecule has 2 heterocycles. The molecule has 1 saturated heterocycles. The molecule has 0 unspecified atom stereocenters. The Labute approximate surface area is 174 Å². The Morgan fingerprint density at radius 1 is 1.21 bits per heavy atom. The third kappa shape index (κ3) is 5.01. The molecule has 0 bridgehead atoms. The highest BCUT2D eigenvalue weighted by molar-refractivity contribution is 7.09. The summed E-state index contributed by atoms with van der Waals surface area (Å²) in [6.45, 7) is 2.29. The van der Waals surface area contributed by atoms with Crippen molar-refractivity contribution in [2.75, 3.05) is 13.1 Å². The van der Waals surface area contributed by atoms with Crippen LogP contribution in [0, 0.1) is 23.5 Å². The number of amides is 1. The lowest BCUT2D eigenvalue weighted by molar-refractivity contribution is -0.126. The van der Waals surface area contributed by atoms with Crippen molar-refractivity contribution >= 4 is 17.2 Å². The van der Waals surface area contributed by atoms with Crippen molar-refractivity contribution in [3.8, 4) is 0 Å². The Hall–Kier alpha value is -1.86. The van der Waals surface area contributed by atoms with Gasteiger partial charge in [-0.05, 0) is 55.8 Å². The Kier molecular flexibility index (Phi) is 6.55. The first kappa shape index (κ1) is 20.4. The predicted molar refractivity (Wildman–Crippen MR) is 109 cm³/mol. The van der Waals surface area contributed by atoms with Gasteiger partial charge >= 0.3 is 0 Å². The first-order chi connectivity index (χ1) is 14.1. The quantitative estimate of drug-likeness (QED) is 0.739. The maximum atomic E-state index is 13.6. The number of likely N-dealkylation sites (tertiary alicyclic amines) is 1. The molecule has 156 valence electrons. The normalized spacial score (nSPS) is 21.9. The minimum atomic E-state index is -0.816. The summed E-state index contributed by atoms with van der Waals surface area (Å²) in [5.74, 6) is -1.09. The van der Waals surface area contributed by atoms with E-state index in [1.54, 1.807) is 23.6 Å². The van der Waals surface area contributed by atoms with Gasteiger partial charge in [-0.25, -0.2) is 13.8 Å². The molecule has 2 fully saturated rings. The number of rotatable bonds is 6. The van der Waals surface area contributed by atoms with Crippen molar-refractivity contribution in [1.29, 1.82) is 0 Å². The molecule has 1 saturated carbocycles. The molecule has 2 atom stereocenters. The van der Waals surface area contributed by atoms with Crippen LogP contribution < -0.4 is 5.32 Å². The van der Waals surface area contributed by atoms with Crippen molar-refractivity contribution in [3.63, 3.8) is 0 Å². The molecule has 4 nitrogen and oxygen atoms in total. The Bertz CT molecular complexity index is 823. The molecule has 1 aliphatic heterocycles. The monoisotopic (exact) mass is 419 g/mol. The molecule has 1 aromatic carbocycles. The predicted octanol–water partition coefficient (Wildman–Crippen LogP) is 4.68. The number of hydrogen-bond donors (Lipinski definition) is 1. The third-order valence-electron chi connectivity index (χ3n) is 6.14. The van der Waals surface area contributed by atoms with Crippen molar-refractivity contribution in [2.45, 2.75) is 51.1 Å². The molecule has 1 aliphatic carbocycles. The molecule has 1 aromatic heterocycles. The molecule has 1 N–H and O–H groups in total. The molecule has 2 aliphatic rings. The number of carbonyl (C=O) groups is 1. The number of benzene rings is 1. The molecule has 2 aromatic rings. The summed E-state index contributed by atoms with van der Waals surface area (Å²) in [5, 5.41) is 6.21. The number of piperidine rings is 1. The summed E-state index contributed by atoms with van der Waals surface area (Å²) in [6.07, 6.45) is 8.03. The number of nitrogens with zero attached hydrogens (tertiary/aromatic N) is 2. The Balaban J connectivity index is 1.45. The van der Waals surface area contributed by atoms with E-state index in [1.807, 2.05) is 5.38 Å². The van der Waals surface area contributed by atoms with Crippen LogP contribution in [0.4, 0.5) is 8.78 Å². The van der Waals surface area contributed by atoms with E-state index >= 15 is 0 Å². The largest absolute Gasteiger partial charge is 0.346 e. The van der Waals surface area contributed by atoms with Crippen LogP contribution in [0.5, 0.6) is 0 Å². The lowest BCUT2D eigenvalue weighted by atomic mass is 9.90. The van der Waals surface area contributed by atoms with E-state index in [-0.39, 0.29) is 23.8 Å². The van der Waals surface area contributed by atoms with Crippen LogP contribution in [-0.2, 0) is 11.3 Å². The van der Waals surface area contributed by atoms with Crippen LogP contribution in [0.25, 0.3) is 0 Å². The fourth-order valence-electron chi connectivity index (χ4n) is 4.63. The molecule has 29 heavy (non-hydrogen) atoms. The van der Waals surface area contributed by atoms with E-state index < -0.39 is 11.6 Å². The van der Waals surface area contributed by atoms with Crippen molar-refractivity contribution in [2.24, 2.45) is 11.8 Å². The SMILES string of the molecule is O=C(N[C@H](c1nccs1)[C@H]1CCCN(Cc2ccc(F)c(F)c2)C1)C1CCCC1. The number of halogens is 2. The highest BCUT2D eigenvalue weighted by Crippen LogP contribution is 2.33. The summed E-state index contributed by atoms with van der Waals surface area (Å²) >= 11 is 1.58. The molecular formula is C22H27F2N3OS. The van der Waals surface area contributed by atoms with Gasteiger partial charge in [0.05, 0.1) is 6.04 Å². The zero-order valence-corrected chi connectivity index (χ0v) is 17.3. The van der Waals surface area contributed by atoms with Crippen LogP contribution in [0.1, 0.15) is 55.1 Å². The lowest BCUT2D eigenvalue weighted by Crippen LogP contribution is -2.43. The van der Waals surface area contributed by atoms with E-state index in [9.17, 15) is 13.6 Å². The Morgan fingerprint density at radius 2 is 2.03 bits per heavy atom. The number of nitrogens with one attached hydrogen (secondary N) is 1. The molecule has 4 rings (SSSR count). The highest BCUT2D eigenvalue weighted by atomic mass is 32.1. The topological polar surface area (TPSA) is 45.2 Å². The van der Waals surface area contributed by atoms with Crippen LogP contribution in [0.3, 0.4) is 0 Å². The maximum absolute atomic E-state index is 13.6. The van der Waals surface area contributed by atoms with Crippen molar-refractivity contribution in [1.82, 2.24) is 15.2 Å². The average molecular weight is 420 g/mol. The average Bonchev–Trinajstić information content (AvgIpc) is 3.43. The fourth-order valence-corrected chi connectivity index (χ4v) is 5.41. The first-order valence-electron chi connectivity index (χ1n) is 10.5. The number of thiazole rings is 1. The smallest absolute Gasteiger partial charge is 0.223 e. The highest BCUT2D eigenvalue weighted by Gasteiger charge is 2.33. The van der Waals surface area contributed by atoms with Gasteiger partial charge in [0.25, 0.3) is 0 Å². The first-order valence-corrected chi connectivity index (χ1v) is 11.3. The number of aromatic nitrogens is 1. The summed E-state index contributed by atoms with van der Waals surface area (Å²) in [6, 6.07) is 4.02. The van der Waals surface area contributed by atoms with Gasteiger partial charge < -0.3 is 5.32 Å². The molecule has 0 radical (unpaired) electrons. The van der Waals surface area contributed by atoms with Gasteiger partial charge in [0.1, 0.15) is 5.01 Å². The van der Waals surface area contributed by atoms with Crippen LogP contribution in [0.15, 0.2) is 29.8 Å². The zero-order chi connectivity index (χ0) is 20.2. The van der Waals surface area contributed by atoms with E-state index in [4.69, 9.17) is 0 Å². The number of carbonyl (C=O) groups excluding carboxylic acids is 1. The zero-order valence-electron chi connectivity index (χ0n) is 16.4. The molecule has 7 heteroatoms. The second-order valence-electron chi connectivity index (χ2n) is 8.22. The summed E-state index contributed by atoms with van der Waals surface area (Å²) in [4.78, 5) is 19.6. The van der Waals surface area contributed by atoms with Gasteiger partial charge in [-0.15, -0.1) is 11.3 Å². The molecule has 1 amide bonds.